The summed E-state index contributed by atoms with van der Waals surface area (Å²) in [6.07, 6.45) is 4.57. The van der Waals surface area contributed by atoms with E-state index in [1.54, 1.807) is 0 Å². The summed E-state index contributed by atoms with van der Waals surface area (Å²) in [6.45, 7) is 11.1. The van der Waals surface area contributed by atoms with Crippen molar-refractivity contribution in [2.75, 3.05) is 26.2 Å². The number of morpholine rings is 1. The predicted molar refractivity (Wildman–Crippen MR) is 71.3 cm³/mol. The van der Waals surface area contributed by atoms with E-state index in [4.69, 9.17) is 4.74 Å². The molecule has 1 saturated heterocycles. The van der Waals surface area contributed by atoms with Crippen molar-refractivity contribution >= 4 is 0 Å². The van der Waals surface area contributed by atoms with Crippen LogP contribution < -0.4 is 5.32 Å². The van der Waals surface area contributed by atoms with Gasteiger partial charge in [-0.1, -0.05) is 13.3 Å². The monoisotopic (exact) mass is 240 g/mol. The van der Waals surface area contributed by atoms with Crippen molar-refractivity contribution < 1.29 is 4.74 Å². The molecule has 2 fully saturated rings. The summed E-state index contributed by atoms with van der Waals surface area (Å²) in [5.74, 6) is 0.850. The van der Waals surface area contributed by atoms with Gasteiger partial charge < -0.3 is 10.1 Å². The highest BCUT2D eigenvalue weighted by Crippen LogP contribution is 2.27. The molecule has 3 heteroatoms. The molecule has 2 aliphatic rings. The van der Waals surface area contributed by atoms with E-state index in [0.29, 0.717) is 12.1 Å². The number of nitrogens with one attached hydrogen (secondary N) is 1. The lowest BCUT2D eigenvalue weighted by molar-refractivity contribution is -0.0549. The molecule has 4 atom stereocenters. The van der Waals surface area contributed by atoms with E-state index in [2.05, 4.69) is 31.0 Å². The van der Waals surface area contributed by atoms with Gasteiger partial charge in [-0.25, -0.2) is 0 Å². The summed E-state index contributed by atoms with van der Waals surface area (Å²) in [7, 11) is 0. The van der Waals surface area contributed by atoms with Gasteiger partial charge in [0.15, 0.2) is 0 Å². The largest absolute Gasteiger partial charge is 0.376 e. The Bertz CT molecular complexity index is 234. The van der Waals surface area contributed by atoms with E-state index >= 15 is 0 Å². The molecule has 0 amide bonds. The zero-order valence-corrected chi connectivity index (χ0v) is 11.6. The molecule has 100 valence electrons. The van der Waals surface area contributed by atoms with Gasteiger partial charge >= 0.3 is 0 Å². The first-order valence-electron chi connectivity index (χ1n) is 7.29. The van der Waals surface area contributed by atoms with E-state index in [9.17, 15) is 0 Å². The minimum atomic E-state index is 0.408. The fourth-order valence-corrected chi connectivity index (χ4v) is 3.31. The summed E-state index contributed by atoms with van der Waals surface area (Å²) >= 11 is 0. The average molecular weight is 240 g/mol. The highest BCUT2D eigenvalue weighted by atomic mass is 16.5. The van der Waals surface area contributed by atoms with Gasteiger partial charge in [0.25, 0.3) is 0 Å². The van der Waals surface area contributed by atoms with Crippen molar-refractivity contribution in [2.24, 2.45) is 5.92 Å². The van der Waals surface area contributed by atoms with Gasteiger partial charge in [-0.05, 0) is 39.2 Å². The van der Waals surface area contributed by atoms with Gasteiger partial charge in [-0.15, -0.1) is 0 Å². The molecule has 1 aliphatic carbocycles. The van der Waals surface area contributed by atoms with Gasteiger partial charge in [-0.3, -0.25) is 4.90 Å². The molecule has 1 aliphatic heterocycles. The summed E-state index contributed by atoms with van der Waals surface area (Å²) in [5.41, 5.74) is 0. The SMILES string of the molecule is CCNC1CCCC1CN1CC(C)OCC1C. The fraction of sp³-hybridized carbons (Fsp3) is 1.00. The van der Waals surface area contributed by atoms with Crippen LogP contribution in [0.3, 0.4) is 0 Å². The standard InChI is InChI=1S/C14H28N2O/c1-4-15-14-7-5-6-13(14)9-16-8-12(3)17-10-11(16)2/h11-15H,4-10H2,1-3H3. The van der Waals surface area contributed by atoms with Crippen LogP contribution in [-0.4, -0.2) is 49.3 Å². The summed E-state index contributed by atoms with van der Waals surface area (Å²) < 4.78 is 5.70. The minimum Gasteiger partial charge on any atom is -0.376 e. The molecular formula is C14H28N2O. The zero-order valence-electron chi connectivity index (χ0n) is 11.6. The molecule has 0 radical (unpaired) electrons. The van der Waals surface area contributed by atoms with E-state index in [1.807, 2.05) is 0 Å². The van der Waals surface area contributed by atoms with Gasteiger partial charge in [0.2, 0.25) is 0 Å². The smallest absolute Gasteiger partial charge is 0.0674 e. The Kier molecular flexibility index (Phi) is 4.83. The Morgan fingerprint density at radius 1 is 1.29 bits per heavy atom. The van der Waals surface area contributed by atoms with Crippen LogP contribution in [0.5, 0.6) is 0 Å². The van der Waals surface area contributed by atoms with Crippen molar-refractivity contribution in [3.8, 4) is 0 Å². The quantitative estimate of drug-likeness (QED) is 0.812. The first-order chi connectivity index (χ1) is 8.20. The van der Waals surface area contributed by atoms with Crippen LogP contribution in [-0.2, 0) is 4.74 Å². The number of rotatable bonds is 4. The number of nitrogens with zero attached hydrogens (tertiary/aromatic N) is 1. The van der Waals surface area contributed by atoms with E-state index in [0.717, 1.165) is 31.7 Å². The molecule has 1 N–H and O–H groups in total. The van der Waals surface area contributed by atoms with E-state index < -0.39 is 0 Å². The highest BCUT2D eigenvalue weighted by molar-refractivity contribution is 4.87. The zero-order chi connectivity index (χ0) is 12.3. The molecule has 0 aromatic rings. The van der Waals surface area contributed by atoms with Crippen molar-refractivity contribution in [1.29, 1.82) is 0 Å². The highest BCUT2D eigenvalue weighted by Gasteiger charge is 2.31. The molecule has 0 spiro atoms. The predicted octanol–water partition coefficient (Wildman–Crippen LogP) is 1.87. The van der Waals surface area contributed by atoms with Crippen LogP contribution >= 0.6 is 0 Å². The topological polar surface area (TPSA) is 24.5 Å². The van der Waals surface area contributed by atoms with Crippen LogP contribution in [0.2, 0.25) is 0 Å². The summed E-state index contributed by atoms with van der Waals surface area (Å²) in [5, 5.41) is 3.65. The Balaban J connectivity index is 1.86. The molecule has 0 aromatic heterocycles. The van der Waals surface area contributed by atoms with Crippen LogP contribution in [0.15, 0.2) is 0 Å². The third-order valence-corrected chi connectivity index (χ3v) is 4.33. The molecule has 1 heterocycles. The van der Waals surface area contributed by atoms with E-state index in [-0.39, 0.29) is 0 Å². The number of ether oxygens (including phenoxy) is 1. The van der Waals surface area contributed by atoms with Crippen LogP contribution in [0.4, 0.5) is 0 Å². The van der Waals surface area contributed by atoms with Gasteiger partial charge in [0.1, 0.15) is 0 Å². The molecular weight excluding hydrogens is 212 g/mol. The summed E-state index contributed by atoms with van der Waals surface area (Å²) in [4.78, 5) is 2.63. The van der Waals surface area contributed by atoms with Gasteiger partial charge in [-0.2, -0.15) is 0 Å². The van der Waals surface area contributed by atoms with Crippen molar-refractivity contribution in [3.05, 3.63) is 0 Å². The maximum atomic E-state index is 5.70. The minimum absolute atomic E-state index is 0.408. The molecule has 4 unspecified atom stereocenters. The Labute approximate surface area is 106 Å². The number of hydrogen-bond acceptors (Lipinski definition) is 3. The second kappa shape index (κ2) is 6.17. The molecule has 0 aromatic carbocycles. The normalized spacial score (nSPS) is 39.7. The van der Waals surface area contributed by atoms with Crippen molar-refractivity contribution in [1.82, 2.24) is 10.2 Å². The Hall–Kier alpha value is -0.120. The van der Waals surface area contributed by atoms with Crippen LogP contribution in [0, 0.1) is 5.92 Å². The third-order valence-electron chi connectivity index (χ3n) is 4.33. The summed E-state index contributed by atoms with van der Waals surface area (Å²) in [6, 6.07) is 1.35. The molecule has 2 rings (SSSR count). The maximum Gasteiger partial charge on any atom is 0.0674 e. The van der Waals surface area contributed by atoms with Crippen LogP contribution in [0.25, 0.3) is 0 Å². The lowest BCUT2D eigenvalue weighted by Gasteiger charge is -2.39. The Morgan fingerprint density at radius 2 is 2.12 bits per heavy atom. The molecule has 1 saturated carbocycles. The van der Waals surface area contributed by atoms with Crippen molar-refractivity contribution in [3.63, 3.8) is 0 Å². The van der Waals surface area contributed by atoms with Gasteiger partial charge in [0, 0.05) is 25.2 Å². The average Bonchev–Trinajstić information content (AvgIpc) is 2.72. The molecule has 17 heavy (non-hydrogen) atoms. The fourth-order valence-electron chi connectivity index (χ4n) is 3.31. The van der Waals surface area contributed by atoms with Crippen molar-refractivity contribution in [2.45, 2.75) is 58.2 Å². The first-order valence-corrected chi connectivity index (χ1v) is 7.29. The lowest BCUT2D eigenvalue weighted by atomic mass is 10.0. The van der Waals surface area contributed by atoms with E-state index in [1.165, 1.54) is 25.8 Å². The van der Waals surface area contributed by atoms with Crippen LogP contribution in [0.1, 0.15) is 40.0 Å². The third kappa shape index (κ3) is 3.43. The lowest BCUT2D eigenvalue weighted by Crippen LogP contribution is -2.50. The first kappa shape index (κ1) is 13.3. The maximum absolute atomic E-state index is 5.70. The molecule has 0 bridgehead atoms. The molecule has 3 nitrogen and oxygen atoms in total. The Morgan fingerprint density at radius 3 is 2.88 bits per heavy atom. The second-order valence-corrected chi connectivity index (χ2v) is 5.80. The second-order valence-electron chi connectivity index (χ2n) is 5.80. The van der Waals surface area contributed by atoms with Gasteiger partial charge in [0.05, 0.1) is 12.7 Å². The number of hydrogen-bond donors (Lipinski definition) is 1.